The van der Waals surface area contributed by atoms with E-state index in [1.807, 2.05) is 31.2 Å². The fourth-order valence-electron chi connectivity index (χ4n) is 3.36. The smallest absolute Gasteiger partial charge is 0.161 e. The van der Waals surface area contributed by atoms with Crippen molar-refractivity contribution in [2.24, 2.45) is 0 Å². The van der Waals surface area contributed by atoms with Crippen LogP contribution in [0.15, 0.2) is 42.5 Å². The first kappa shape index (κ1) is 17.7. The molecule has 2 aromatic rings. The number of hydrogen-bond acceptors (Lipinski definition) is 5. The summed E-state index contributed by atoms with van der Waals surface area (Å²) in [5.74, 6) is 1.39. The van der Waals surface area contributed by atoms with E-state index in [0.717, 1.165) is 5.56 Å². The highest BCUT2D eigenvalue weighted by molar-refractivity contribution is 8.15. The maximum atomic E-state index is 12.0. The molecule has 2 aromatic carbocycles. The average Bonchev–Trinajstić information content (AvgIpc) is 2.99. The van der Waals surface area contributed by atoms with Crippen molar-refractivity contribution < 1.29 is 13.2 Å². The van der Waals surface area contributed by atoms with Crippen LogP contribution in [-0.2, 0) is 9.84 Å². The van der Waals surface area contributed by atoms with Crippen LogP contribution in [0.4, 0.5) is 5.69 Å². The Bertz CT molecular complexity index is 994. The molecule has 2 fully saturated rings. The fourth-order valence-corrected chi connectivity index (χ4v) is 7.31. The maximum Gasteiger partial charge on any atom is 0.161 e. The predicted octanol–water partition coefficient (Wildman–Crippen LogP) is 4.09. The molecule has 5 nitrogen and oxygen atoms in total. The molecule has 2 aliphatic heterocycles. The molecule has 0 aromatic heterocycles. The highest BCUT2D eigenvalue weighted by atomic mass is 35.5. The van der Waals surface area contributed by atoms with Crippen molar-refractivity contribution in [3.8, 4) is 11.5 Å². The van der Waals surface area contributed by atoms with Gasteiger partial charge < -0.3 is 9.64 Å². The van der Waals surface area contributed by atoms with Gasteiger partial charge in [0, 0.05) is 10.3 Å². The number of ether oxygens (including phenoxy) is 1. The Hall–Kier alpha value is -1.70. The van der Waals surface area contributed by atoms with Crippen LogP contribution in [-0.4, -0.2) is 36.4 Å². The van der Waals surface area contributed by atoms with Gasteiger partial charge in [-0.3, -0.25) is 5.41 Å². The summed E-state index contributed by atoms with van der Waals surface area (Å²) in [6.45, 7) is 1.98. The van der Waals surface area contributed by atoms with Crippen molar-refractivity contribution in [1.82, 2.24) is 0 Å². The van der Waals surface area contributed by atoms with E-state index >= 15 is 0 Å². The monoisotopic (exact) mass is 408 g/mol. The van der Waals surface area contributed by atoms with E-state index < -0.39 is 9.84 Å². The number of aryl methyl sites for hydroxylation is 1. The van der Waals surface area contributed by atoms with Gasteiger partial charge in [-0.25, -0.2) is 8.42 Å². The Kier molecular flexibility index (Phi) is 4.41. The summed E-state index contributed by atoms with van der Waals surface area (Å²) < 4.78 is 30.1. The van der Waals surface area contributed by atoms with Gasteiger partial charge in [-0.1, -0.05) is 35.5 Å². The molecule has 2 saturated heterocycles. The number of nitrogens with zero attached hydrogens (tertiary/aromatic N) is 1. The number of halogens is 1. The molecule has 26 heavy (non-hydrogen) atoms. The van der Waals surface area contributed by atoms with Crippen LogP contribution in [0.2, 0.25) is 5.02 Å². The van der Waals surface area contributed by atoms with E-state index in [1.54, 1.807) is 23.1 Å². The molecule has 2 aliphatic rings. The number of amidine groups is 1. The molecular weight excluding hydrogens is 392 g/mol. The van der Waals surface area contributed by atoms with Crippen molar-refractivity contribution in [2.75, 3.05) is 16.4 Å². The Morgan fingerprint density at radius 2 is 2.04 bits per heavy atom. The van der Waals surface area contributed by atoms with Gasteiger partial charge in [0.25, 0.3) is 0 Å². The van der Waals surface area contributed by atoms with E-state index in [0.29, 0.717) is 27.4 Å². The molecule has 0 unspecified atom stereocenters. The van der Waals surface area contributed by atoms with E-state index in [1.165, 1.54) is 11.8 Å². The normalized spacial score (nSPS) is 23.9. The van der Waals surface area contributed by atoms with Gasteiger partial charge in [-0.15, -0.1) is 0 Å². The minimum absolute atomic E-state index is 0.0451. The van der Waals surface area contributed by atoms with Crippen molar-refractivity contribution in [1.29, 1.82) is 5.41 Å². The molecule has 2 heterocycles. The first-order valence-electron chi connectivity index (χ1n) is 8.11. The molecule has 0 saturated carbocycles. The molecule has 8 heteroatoms. The van der Waals surface area contributed by atoms with Crippen LogP contribution < -0.4 is 9.64 Å². The minimum atomic E-state index is -3.09. The van der Waals surface area contributed by atoms with Crippen molar-refractivity contribution in [3.63, 3.8) is 0 Å². The molecule has 0 radical (unpaired) electrons. The molecule has 0 aliphatic carbocycles. The number of rotatable bonds is 3. The van der Waals surface area contributed by atoms with Gasteiger partial charge in [0.05, 0.1) is 23.2 Å². The van der Waals surface area contributed by atoms with Crippen LogP contribution in [0.25, 0.3) is 0 Å². The molecule has 1 N–H and O–H groups in total. The van der Waals surface area contributed by atoms with Gasteiger partial charge in [0.1, 0.15) is 5.75 Å². The van der Waals surface area contributed by atoms with Gasteiger partial charge in [0.15, 0.2) is 20.8 Å². The standard InChI is InChI=1S/C18H17ClN2O3S2/c1-11-3-2-4-13(7-11)24-16-6-5-12(19)8-14(16)21-15-9-26(22,23)10-17(15)25-18(21)20/h2-8,15,17,20H,9-10H2,1H3/t15-,17+/m1/s1. The summed E-state index contributed by atoms with van der Waals surface area (Å²) in [5.41, 5.74) is 1.70. The van der Waals surface area contributed by atoms with Crippen molar-refractivity contribution in [2.45, 2.75) is 18.2 Å². The third kappa shape index (κ3) is 3.31. The topological polar surface area (TPSA) is 70.5 Å². The van der Waals surface area contributed by atoms with Gasteiger partial charge in [0.2, 0.25) is 0 Å². The Morgan fingerprint density at radius 3 is 2.81 bits per heavy atom. The minimum Gasteiger partial charge on any atom is -0.455 e. The van der Waals surface area contributed by atoms with Gasteiger partial charge >= 0.3 is 0 Å². The van der Waals surface area contributed by atoms with Gasteiger partial charge in [-0.2, -0.15) is 0 Å². The molecule has 2 atom stereocenters. The van der Waals surface area contributed by atoms with E-state index in [4.69, 9.17) is 21.7 Å². The van der Waals surface area contributed by atoms with Crippen molar-refractivity contribution in [3.05, 3.63) is 53.1 Å². The number of sulfone groups is 1. The lowest BCUT2D eigenvalue weighted by molar-refractivity contribution is 0.481. The summed E-state index contributed by atoms with van der Waals surface area (Å²) in [6.07, 6.45) is 0. The SMILES string of the molecule is Cc1cccc(Oc2ccc(Cl)cc2N2C(=N)S[C@H]3CS(=O)(=O)C[C@H]32)c1. The zero-order chi connectivity index (χ0) is 18.5. The van der Waals surface area contributed by atoms with Crippen molar-refractivity contribution >= 4 is 44.1 Å². The van der Waals surface area contributed by atoms with E-state index in [2.05, 4.69) is 0 Å². The van der Waals surface area contributed by atoms with Crippen LogP contribution in [0.1, 0.15) is 5.56 Å². The highest BCUT2D eigenvalue weighted by Crippen LogP contribution is 2.45. The molecule has 0 amide bonds. The first-order valence-corrected chi connectivity index (χ1v) is 11.2. The lowest BCUT2D eigenvalue weighted by atomic mass is 10.2. The Labute approximate surface area is 161 Å². The fraction of sp³-hybridized carbons (Fsp3) is 0.278. The predicted molar refractivity (Wildman–Crippen MR) is 107 cm³/mol. The van der Waals surface area contributed by atoms with Crippen LogP contribution >= 0.6 is 23.4 Å². The van der Waals surface area contributed by atoms with E-state index in [-0.39, 0.29) is 22.8 Å². The van der Waals surface area contributed by atoms with Crippen LogP contribution in [0, 0.1) is 12.3 Å². The lowest BCUT2D eigenvalue weighted by Crippen LogP contribution is -2.37. The molecule has 0 spiro atoms. The summed E-state index contributed by atoms with van der Waals surface area (Å²) in [6, 6.07) is 12.6. The first-order chi connectivity index (χ1) is 12.3. The molecular formula is C18H17ClN2O3S2. The number of fused-ring (bicyclic) bond motifs is 1. The van der Waals surface area contributed by atoms with Crippen LogP contribution in [0.5, 0.6) is 11.5 Å². The second-order valence-corrected chi connectivity index (χ2v) is 10.3. The quantitative estimate of drug-likeness (QED) is 0.828. The summed E-state index contributed by atoms with van der Waals surface area (Å²) in [4.78, 5) is 1.75. The zero-order valence-electron chi connectivity index (χ0n) is 14.0. The number of hydrogen-bond donors (Lipinski definition) is 1. The molecule has 4 rings (SSSR count). The largest absolute Gasteiger partial charge is 0.455 e. The summed E-state index contributed by atoms with van der Waals surface area (Å²) in [7, 11) is -3.09. The number of nitrogens with one attached hydrogen (secondary N) is 1. The zero-order valence-corrected chi connectivity index (χ0v) is 16.4. The average molecular weight is 409 g/mol. The maximum absolute atomic E-state index is 12.0. The Morgan fingerprint density at radius 1 is 1.23 bits per heavy atom. The number of benzene rings is 2. The third-order valence-electron chi connectivity index (χ3n) is 4.48. The Balaban J connectivity index is 1.74. The number of thioether (sulfide) groups is 1. The second-order valence-electron chi connectivity index (χ2n) is 6.51. The molecule has 136 valence electrons. The number of anilines is 1. The van der Waals surface area contributed by atoms with Gasteiger partial charge in [-0.05, 0) is 42.8 Å². The molecule has 0 bridgehead atoms. The highest BCUT2D eigenvalue weighted by Gasteiger charge is 2.49. The third-order valence-corrected chi connectivity index (χ3v) is 7.85. The van der Waals surface area contributed by atoms with E-state index in [9.17, 15) is 8.42 Å². The summed E-state index contributed by atoms with van der Waals surface area (Å²) in [5, 5.41) is 9.06. The summed E-state index contributed by atoms with van der Waals surface area (Å²) >= 11 is 7.49. The van der Waals surface area contributed by atoms with Crippen LogP contribution in [0.3, 0.4) is 0 Å². The lowest BCUT2D eigenvalue weighted by Gasteiger charge is -2.26. The second kappa shape index (κ2) is 6.48.